The molecule has 1 aliphatic rings. The Kier molecular flexibility index (Phi) is 5.77. The minimum absolute atomic E-state index is 0.316. The van der Waals surface area contributed by atoms with Crippen molar-refractivity contribution in [2.75, 3.05) is 13.1 Å². The van der Waals surface area contributed by atoms with E-state index in [0.29, 0.717) is 12.0 Å². The first kappa shape index (κ1) is 14.0. The van der Waals surface area contributed by atoms with Crippen LogP contribution in [0.5, 0.6) is 0 Å². The Morgan fingerprint density at radius 2 is 1.62 bits per heavy atom. The standard InChI is InChI=1S/C14H30N2/c1-11(2)9-16(10-12(3)13(4)15)14-7-5-6-8-14/h11-14H,5-10,15H2,1-4H3. The van der Waals surface area contributed by atoms with Gasteiger partial charge in [-0.2, -0.15) is 0 Å². The lowest BCUT2D eigenvalue weighted by molar-refractivity contribution is 0.147. The zero-order chi connectivity index (χ0) is 12.1. The second-order valence-electron chi connectivity index (χ2n) is 6.12. The number of hydrogen-bond donors (Lipinski definition) is 1. The van der Waals surface area contributed by atoms with Gasteiger partial charge in [-0.25, -0.2) is 0 Å². The molecule has 16 heavy (non-hydrogen) atoms. The van der Waals surface area contributed by atoms with Gasteiger partial charge in [0.05, 0.1) is 0 Å². The zero-order valence-electron chi connectivity index (χ0n) is 11.6. The quantitative estimate of drug-likeness (QED) is 0.754. The van der Waals surface area contributed by atoms with E-state index >= 15 is 0 Å². The molecule has 1 fully saturated rings. The van der Waals surface area contributed by atoms with Crippen molar-refractivity contribution in [3.8, 4) is 0 Å². The summed E-state index contributed by atoms with van der Waals surface area (Å²) in [7, 11) is 0. The van der Waals surface area contributed by atoms with Crippen molar-refractivity contribution in [2.45, 2.75) is 65.5 Å². The van der Waals surface area contributed by atoms with Crippen molar-refractivity contribution in [3.05, 3.63) is 0 Å². The molecule has 2 atom stereocenters. The Balaban J connectivity index is 2.49. The summed E-state index contributed by atoms with van der Waals surface area (Å²) >= 11 is 0. The lowest BCUT2D eigenvalue weighted by Crippen LogP contribution is -2.42. The first-order valence-corrected chi connectivity index (χ1v) is 7.00. The number of nitrogens with zero attached hydrogens (tertiary/aromatic N) is 1. The van der Waals surface area contributed by atoms with Crippen LogP contribution in [0.3, 0.4) is 0 Å². The molecule has 0 aromatic heterocycles. The molecular formula is C14H30N2. The van der Waals surface area contributed by atoms with Crippen molar-refractivity contribution in [1.29, 1.82) is 0 Å². The third-order valence-corrected chi connectivity index (χ3v) is 3.86. The van der Waals surface area contributed by atoms with E-state index in [4.69, 9.17) is 5.73 Å². The van der Waals surface area contributed by atoms with Crippen molar-refractivity contribution >= 4 is 0 Å². The Bertz CT molecular complexity index is 183. The van der Waals surface area contributed by atoms with Gasteiger partial charge in [0.1, 0.15) is 0 Å². The fraction of sp³-hybridized carbons (Fsp3) is 1.00. The third-order valence-electron chi connectivity index (χ3n) is 3.86. The summed E-state index contributed by atoms with van der Waals surface area (Å²) in [5.74, 6) is 1.38. The Morgan fingerprint density at radius 3 is 2.06 bits per heavy atom. The van der Waals surface area contributed by atoms with E-state index < -0.39 is 0 Å². The van der Waals surface area contributed by atoms with Gasteiger partial charge in [0, 0.05) is 25.2 Å². The summed E-state index contributed by atoms with van der Waals surface area (Å²) in [5, 5.41) is 0. The van der Waals surface area contributed by atoms with Crippen LogP contribution < -0.4 is 5.73 Å². The van der Waals surface area contributed by atoms with Gasteiger partial charge >= 0.3 is 0 Å². The average molecular weight is 226 g/mol. The summed E-state index contributed by atoms with van der Waals surface area (Å²) in [6.45, 7) is 11.5. The van der Waals surface area contributed by atoms with Crippen LogP contribution in [0, 0.1) is 11.8 Å². The lowest BCUT2D eigenvalue weighted by atomic mass is 10.0. The van der Waals surface area contributed by atoms with E-state index in [1.807, 2.05) is 0 Å². The Morgan fingerprint density at radius 1 is 1.06 bits per heavy atom. The van der Waals surface area contributed by atoms with Crippen LogP contribution in [0.15, 0.2) is 0 Å². The van der Waals surface area contributed by atoms with Gasteiger partial charge in [-0.05, 0) is 31.6 Å². The first-order chi connectivity index (χ1) is 7.50. The molecule has 0 aliphatic heterocycles. The van der Waals surface area contributed by atoms with Crippen LogP contribution in [-0.4, -0.2) is 30.1 Å². The second kappa shape index (κ2) is 6.61. The summed E-state index contributed by atoms with van der Waals surface area (Å²) in [6.07, 6.45) is 5.65. The fourth-order valence-corrected chi connectivity index (χ4v) is 2.65. The smallest absolute Gasteiger partial charge is 0.00954 e. The SMILES string of the molecule is CC(C)CN(CC(C)C(C)N)C1CCCC1. The Hall–Kier alpha value is -0.0800. The van der Waals surface area contributed by atoms with E-state index in [1.165, 1.54) is 38.8 Å². The number of rotatable bonds is 6. The van der Waals surface area contributed by atoms with Crippen LogP contribution >= 0.6 is 0 Å². The van der Waals surface area contributed by atoms with Crippen molar-refractivity contribution in [3.63, 3.8) is 0 Å². The zero-order valence-corrected chi connectivity index (χ0v) is 11.6. The van der Waals surface area contributed by atoms with Gasteiger partial charge in [-0.3, -0.25) is 4.90 Å². The molecule has 0 bridgehead atoms. The topological polar surface area (TPSA) is 29.3 Å². The fourth-order valence-electron chi connectivity index (χ4n) is 2.65. The van der Waals surface area contributed by atoms with Crippen LogP contribution in [-0.2, 0) is 0 Å². The largest absolute Gasteiger partial charge is 0.328 e. The molecule has 0 spiro atoms. The van der Waals surface area contributed by atoms with E-state index in [9.17, 15) is 0 Å². The van der Waals surface area contributed by atoms with Crippen LogP contribution in [0.1, 0.15) is 53.4 Å². The van der Waals surface area contributed by atoms with Crippen LogP contribution in [0.4, 0.5) is 0 Å². The molecule has 2 unspecified atom stereocenters. The van der Waals surface area contributed by atoms with Gasteiger partial charge in [0.15, 0.2) is 0 Å². The van der Waals surface area contributed by atoms with Gasteiger partial charge in [0.25, 0.3) is 0 Å². The number of nitrogens with two attached hydrogens (primary N) is 1. The lowest BCUT2D eigenvalue weighted by Gasteiger charge is -2.33. The molecule has 0 aromatic carbocycles. The minimum Gasteiger partial charge on any atom is -0.328 e. The highest BCUT2D eigenvalue weighted by molar-refractivity contribution is 4.80. The molecule has 0 aromatic rings. The highest BCUT2D eigenvalue weighted by Crippen LogP contribution is 2.25. The van der Waals surface area contributed by atoms with Crippen LogP contribution in [0.2, 0.25) is 0 Å². The molecule has 0 radical (unpaired) electrons. The molecule has 2 heteroatoms. The number of hydrogen-bond acceptors (Lipinski definition) is 2. The maximum Gasteiger partial charge on any atom is 0.00954 e. The monoisotopic (exact) mass is 226 g/mol. The maximum absolute atomic E-state index is 5.99. The molecule has 0 amide bonds. The molecule has 0 saturated heterocycles. The Labute approximate surface area is 102 Å². The molecule has 1 rings (SSSR count). The minimum atomic E-state index is 0.316. The van der Waals surface area contributed by atoms with Crippen molar-refractivity contribution in [2.24, 2.45) is 17.6 Å². The molecule has 1 aliphatic carbocycles. The van der Waals surface area contributed by atoms with E-state index in [2.05, 4.69) is 32.6 Å². The van der Waals surface area contributed by atoms with Gasteiger partial charge < -0.3 is 5.73 Å². The predicted molar refractivity (Wildman–Crippen MR) is 71.5 cm³/mol. The normalized spacial score (nSPS) is 21.9. The summed E-state index contributed by atoms with van der Waals surface area (Å²) < 4.78 is 0. The van der Waals surface area contributed by atoms with E-state index in [1.54, 1.807) is 0 Å². The molecule has 0 heterocycles. The molecule has 1 saturated carbocycles. The van der Waals surface area contributed by atoms with E-state index in [-0.39, 0.29) is 0 Å². The summed E-state index contributed by atoms with van der Waals surface area (Å²) in [6, 6.07) is 1.15. The maximum atomic E-state index is 5.99. The van der Waals surface area contributed by atoms with Gasteiger partial charge in [-0.15, -0.1) is 0 Å². The van der Waals surface area contributed by atoms with Crippen molar-refractivity contribution in [1.82, 2.24) is 4.90 Å². The second-order valence-corrected chi connectivity index (χ2v) is 6.12. The average Bonchev–Trinajstić information content (AvgIpc) is 2.68. The summed E-state index contributed by atoms with van der Waals surface area (Å²) in [4.78, 5) is 2.70. The first-order valence-electron chi connectivity index (χ1n) is 7.00. The van der Waals surface area contributed by atoms with Crippen molar-refractivity contribution < 1.29 is 0 Å². The predicted octanol–water partition coefficient (Wildman–Crippen LogP) is 2.87. The molecule has 96 valence electrons. The highest BCUT2D eigenvalue weighted by Gasteiger charge is 2.25. The highest BCUT2D eigenvalue weighted by atomic mass is 15.2. The van der Waals surface area contributed by atoms with Gasteiger partial charge in [-0.1, -0.05) is 33.6 Å². The molecular weight excluding hydrogens is 196 g/mol. The van der Waals surface area contributed by atoms with E-state index in [0.717, 1.165) is 12.0 Å². The van der Waals surface area contributed by atoms with Gasteiger partial charge in [0.2, 0.25) is 0 Å². The third kappa shape index (κ3) is 4.42. The summed E-state index contributed by atoms with van der Waals surface area (Å²) in [5.41, 5.74) is 5.99. The molecule has 2 N–H and O–H groups in total. The molecule has 2 nitrogen and oxygen atoms in total. The van der Waals surface area contributed by atoms with Crippen LogP contribution in [0.25, 0.3) is 0 Å².